The van der Waals surface area contributed by atoms with E-state index in [1.165, 1.54) is 38.1 Å². The van der Waals surface area contributed by atoms with Crippen molar-refractivity contribution in [3.63, 3.8) is 0 Å². The van der Waals surface area contributed by atoms with Gasteiger partial charge in [0.05, 0.1) is 12.3 Å². The normalized spacial score (nSPS) is 21.2. The molecule has 0 amide bonds. The predicted molar refractivity (Wildman–Crippen MR) is 309 cm³/mol. The van der Waals surface area contributed by atoms with Gasteiger partial charge in [0.15, 0.2) is 0 Å². The molecule has 2 heterocycles. The van der Waals surface area contributed by atoms with E-state index in [2.05, 4.69) is 236 Å². The SMILES string of the molecule is [C-]#[N+]C1=CC(C/C=C\C=C/C)CC=C1N1C(=C/C(=C)C)/C(=C/N/C=C/C(C(C=C)C(C)(C)C)C(C)(C)C)B(/C=C/CC(C=C)C(C)(C)CCC(C)C)c2sc3cc4c(cc3c21)C(C)(C)CCC4(C)C. The van der Waals surface area contributed by atoms with Crippen molar-refractivity contribution >= 4 is 38.6 Å². The molecule has 1 aromatic heterocycles. The predicted octanol–water partition coefficient (Wildman–Crippen LogP) is 18.2. The van der Waals surface area contributed by atoms with Gasteiger partial charge in [-0.3, -0.25) is 0 Å². The zero-order valence-corrected chi connectivity index (χ0v) is 46.9. The number of rotatable bonds is 18. The number of nitrogens with one attached hydrogen (secondary N) is 1. The molecule has 5 heteroatoms. The van der Waals surface area contributed by atoms with Crippen molar-refractivity contribution < 1.29 is 0 Å². The van der Waals surface area contributed by atoms with Gasteiger partial charge in [-0.25, -0.2) is 4.85 Å². The summed E-state index contributed by atoms with van der Waals surface area (Å²) < 4.78 is 2.61. The third kappa shape index (κ3) is 12.9. The van der Waals surface area contributed by atoms with Gasteiger partial charge in [0.25, 0.3) is 6.71 Å². The average Bonchev–Trinajstić information content (AvgIpc) is 3.63. The third-order valence-electron chi connectivity index (χ3n) is 15.6. The smallest absolute Gasteiger partial charge is 0.253 e. The Kier molecular flexibility index (Phi) is 17.9. The van der Waals surface area contributed by atoms with Gasteiger partial charge >= 0.3 is 0 Å². The van der Waals surface area contributed by atoms with E-state index in [0.29, 0.717) is 17.5 Å². The van der Waals surface area contributed by atoms with Crippen molar-refractivity contribution in [1.29, 1.82) is 0 Å². The lowest BCUT2D eigenvalue weighted by Crippen LogP contribution is -2.44. The van der Waals surface area contributed by atoms with Crippen LogP contribution in [0.4, 0.5) is 5.69 Å². The highest BCUT2D eigenvalue weighted by Crippen LogP contribution is 2.52. The van der Waals surface area contributed by atoms with Gasteiger partial charge in [-0.2, -0.15) is 0 Å². The first kappa shape index (κ1) is 55.4. The van der Waals surface area contributed by atoms with Crippen LogP contribution < -0.4 is 15.0 Å². The van der Waals surface area contributed by atoms with Crippen LogP contribution in [-0.2, 0) is 10.8 Å². The van der Waals surface area contributed by atoms with Gasteiger partial charge in [-0.1, -0.05) is 176 Å². The minimum atomic E-state index is -0.0644. The van der Waals surface area contributed by atoms with Crippen molar-refractivity contribution in [1.82, 2.24) is 5.32 Å². The molecule has 0 fully saturated rings. The lowest BCUT2D eigenvalue weighted by atomic mass is 9.40. The molecule has 1 aromatic carbocycles. The topological polar surface area (TPSA) is 19.6 Å². The van der Waals surface area contributed by atoms with Gasteiger partial charge in [-0.05, 0) is 156 Å². The van der Waals surface area contributed by atoms with Crippen molar-refractivity contribution in [3.05, 3.63) is 168 Å². The van der Waals surface area contributed by atoms with E-state index in [4.69, 9.17) is 6.57 Å². The number of anilines is 1. The number of benzene rings is 1. The van der Waals surface area contributed by atoms with E-state index in [1.54, 1.807) is 0 Å². The molecule has 4 atom stereocenters. The summed E-state index contributed by atoms with van der Waals surface area (Å²) in [5.74, 6) is 4.26. The monoisotopic (exact) mass is 944 g/mol. The first-order valence-electron chi connectivity index (χ1n) is 26.1. The van der Waals surface area contributed by atoms with Crippen LogP contribution in [0.2, 0.25) is 0 Å². The Morgan fingerprint density at radius 1 is 0.957 bits per heavy atom. The molecule has 0 saturated heterocycles. The summed E-state index contributed by atoms with van der Waals surface area (Å²) in [6, 6.07) is 5.09. The summed E-state index contributed by atoms with van der Waals surface area (Å²) in [6.45, 7) is 59.2. The highest BCUT2D eigenvalue weighted by Gasteiger charge is 2.43. The summed E-state index contributed by atoms with van der Waals surface area (Å²) in [5.41, 5.74) is 9.24. The molecule has 69 heavy (non-hydrogen) atoms. The summed E-state index contributed by atoms with van der Waals surface area (Å²) in [5, 5.41) is 5.04. The Bertz CT molecular complexity index is 2500. The maximum absolute atomic E-state index is 8.74. The fraction of sp³-hybridized carbons (Fsp3) is 0.516. The van der Waals surface area contributed by atoms with Crippen LogP contribution in [0.3, 0.4) is 0 Å². The van der Waals surface area contributed by atoms with E-state index in [9.17, 15) is 0 Å². The van der Waals surface area contributed by atoms with Gasteiger partial charge in [0, 0.05) is 26.3 Å². The molecule has 1 N–H and O–H groups in total. The largest absolute Gasteiger partial charge is 0.368 e. The molecule has 5 rings (SSSR count). The van der Waals surface area contributed by atoms with Crippen molar-refractivity contribution in [3.8, 4) is 0 Å². The third-order valence-corrected chi connectivity index (χ3v) is 16.8. The zero-order chi connectivity index (χ0) is 51.3. The van der Waals surface area contributed by atoms with Gasteiger partial charge in [-0.15, -0.1) is 30.5 Å². The second-order valence-electron chi connectivity index (χ2n) is 25.2. The molecule has 2 aliphatic carbocycles. The molecule has 3 aliphatic rings. The maximum atomic E-state index is 8.74. The molecule has 370 valence electrons. The molecule has 0 spiro atoms. The van der Waals surface area contributed by atoms with Crippen LogP contribution in [0.5, 0.6) is 0 Å². The van der Waals surface area contributed by atoms with Gasteiger partial charge in [0.1, 0.15) is 0 Å². The Morgan fingerprint density at radius 3 is 2.17 bits per heavy atom. The van der Waals surface area contributed by atoms with Crippen LogP contribution in [0.1, 0.15) is 167 Å². The highest BCUT2D eigenvalue weighted by atomic mass is 32.1. The number of hydrogen-bond donors (Lipinski definition) is 1. The van der Waals surface area contributed by atoms with Crippen LogP contribution >= 0.6 is 11.3 Å². The summed E-state index contributed by atoms with van der Waals surface area (Å²) in [6.07, 6.45) is 36.2. The summed E-state index contributed by atoms with van der Waals surface area (Å²) >= 11 is 1.94. The van der Waals surface area contributed by atoms with Gasteiger partial charge < -0.3 is 10.2 Å². The van der Waals surface area contributed by atoms with Crippen LogP contribution in [0.25, 0.3) is 14.9 Å². The molecule has 4 unspecified atom stereocenters. The number of hydrogen-bond acceptors (Lipinski definition) is 3. The minimum absolute atomic E-state index is 0.0185. The van der Waals surface area contributed by atoms with E-state index in [0.717, 1.165) is 61.0 Å². The van der Waals surface area contributed by atoms with Crippen LogP contribution in [0.15, 0.2) is 145 Å². The zero-order valence-electron chi connectivity index (χ0n) is 46.1. The van der Waals surface area contributed by atoms with Gasteiger partial charge in [0.2, 0.25) is 5.70 Å². The molecule has 0 saturated carbocycles. The van der Waals surface area contributed by atoms with Crippen molar-refractivity contribution in [2.24, 2.45) is 45.8 Å². The number of thiophene rings is 1. The average molecular weight is 944 g/mol. The number of nitrogens with zero attached hydrogens (tertiary/aromatic N) is 2. The standard InChI is InChI=1S/C64H90BN3S/c1-21-24-25-26-28-46-30-31-55(54(40-46)66-20)68-56(39-45(6)7)53(43-67-38-33-50(61(11,12)13)49(23-3)60(8,9)10)65(37-27-29-47(22-2)62(14,15)34-32-44(4)5)59-58(68)48-41-51-52(42-57(48)69-59)64(18,19)36-35-63(51,16)17/h21-27,31,33,37-44,46-47,49-50,67H,2-3,6,28-30,32,34-36H2,1,4-5,7-19H3/b24-21-,26-25-,37-27+,38-33+,53-43-,56-39+. The molecule has 0 bridgehead atoms. The fourth-order valence-electron chi connectivity index (χ4n) is 11.0. The number of fused-ring (bicyclic) bond motifs is 4. The van der Waals surface area contributed by atoms with Crippen LogP contribution in [0, 0.1) is 52.4 Å². The van der Waals surface area contributed by atoms with E-state index < -0.39 is 0 Å². The molecule has 3 nitrogen and oxygen atoms in total. The molecular weight excluding hydrogens is 854 g/mol. The molecule has 0 radical (unpaired) electrons. The summed E-state index contributed by atoms with van der Waals surface area (Å²) in [4.78, 5) is 6.79. The summed E-state index contributed by atoms with van der Waals surface area (Å²) in [7, 11) is 0. The van der Waals surface area contributed by atoms with Crippen molar-refractivity contribution in [2.45, 2.75) is 167 Å². The Morgan fingerprint density at radius 2 is 1.61 bits per heavy atom. The lowest BCUT2D eigenvalue weighted by Gasteiger charge is -2.42. The Balaban J connectivity index is 1.84. The second-order valence-corrected chi connectivity index (χ2v) is 26.3. The Hall–Kier alpha value is -4.53. The minimum Gasteiger partial charge on any atom is -0.368 e. The quantitative estimate of drug-likeness (QED) is 0.0695. The van der Waals surface area contributed by atoms with E-state index in [-0.39, 0.29) is 51.5 Å². The Labute approximate surface area is 426 Å². The second kappa shape index (κ2) is 22.3. The highest BCUT2D eigenvalue weighted by molar-refractivity contribution is 7.31. The maximum Gasteiger partial charge on any atom is 0.253 e. The van der Waals surface area contributed by atoms with Crippen LogP contribution in [-0.4, -0.2) is 6.71 Å². The molecule has 2 aromatic rings. The molecular formula is C64H90BN3S. The number of allylic oxidation sites excluding steroid dienone is 13. The first-order chi connectivity index (χ1) is 32.2. The lowest BCUT2D eigenvalue weighted by molar-refractivity contribution is 0.143. The van der Waals surface area contributed by atoms with E-state index >= 15 is 0 Å². The van der Waals surface area contributed by atoms with Crippen molar-refractivity contribution in [2.75, 3.05) is 4.90 Å². The first-order valence-corrected chi connectivity index (χ1v) is 26.9. The fourth-order valence-corrected chi connectivity index (χ4v) is 12.3. The molecule has 1 aliphatic heterocycles. The van der Waals surface area contributed by atoms with E-state index in [1.807, 2.05) is 18.3 Å².